The van der Waals surface area contributed by atoms with Gasteiger partial charge in [-0.3, -0.25) is 0 Å². The highest BCUT2D eigenvalue weighted by Crippen LogP contribution is 2.22. The number of carboxylic acid groups (broad SMARTS) is 1. The van der Waals surface area contributed by atoms with E-state index in [1.54, 1.807) is 0 Å². The van der Waals surface area contributed by atoms with Crippen molar-refractivity contribution in [2.75, 3.05) is 32.8 Å². The van der Waals surface area contributed by atoms with Gasteiger partial charge in [0.2, 0.25) is 0 Å². The molecule has 5 nitrogen and oxygen atoms in total. The summed E-state index contributed by atoms with van der Waals surface area (Å²) < 4.78 is 5.89. The molecule has 2 aliphatic heterocycles. The zero-order valence-electron chi connectivity index (χ0n) is 11.6. The summed E-state index contributed by atoms with van der Waals surface area (Å²) in [4.78, 5) is 12.3. The van der Waals surface area contributed by atoms with Crippen molar-refractivity contribution in [3.8, 4) is 0 Å². The SMILES string of the molecule is O=C(O)N1CCC(CCCOC2CCNCC2)CC1. The molecule has 2 N–H and O–H groups in total. The molecular weight excluding hydrogens is 244 g/mol. The largest absolute Gasteiger partial charge is 0.465 e. The van der Waals surface area contributed by atoms with Crippen LogP contribution < -0.4 is 5.32 Å². The van der Waals surface area contributed by atoms with E-state index in [1.165, 1.54) is 11.3 Å². The number of ether oxygens (including phenoxy) is 1. The van der Waals surface area contributed by atoms with Gasteiger partial charge in [0.15, 0.2) is 0 Å². The van der Waals surface area contributed by atoms with Gasteiger partial charge in [0.05, 0.1) is 6.10 Å². The van der Waals surface area contributed by atoms with Gasteiger partial charge in [-0.05, 0) is 57.5 Å². The summed E-state index contributed by atoms with van der Waals surface area (Å²) in [5.74, 6) is 0.687. The minimum atomic E-state index is -0.771. The molecule has 19 heavy (non-hydrogen) atoms. The Balaban J connectivity index is 1.51. The monoisotopic (exact) mass is 270 g/mol. The Morgan fingerprint density at radius 1 is 1.21 bits per heavy atom. The van der Waals surface area contributed by atoms with Gasteiger partial charge in [-0.1, -0.05) is 0 Å². The fraction of sp³-hybridized carbons (Fsp3) is 0.929. The van der Waals surface area contributed by atoms with Gasteiger partial charge in [0.25, 0.3) is 0 Å². The molecule has 110 valence electrons. The van der Waals surface area contributed by atoms with Crippen LogP contribution in [0.3, 0.4) is 0 Å². The van der Waals surface area contributed by atoms with Crippen molar-refractivity contribution in [2.45, 2.75) is 44.6 Å². The third-order valence-electron chi connectivity index (χ3n) is 4.28. The van der Waals surface area contributed by atoms with Crippen LogP contribution in [0.1, 0.15) is 38.5 Å². The summed E-state index contributed by atoms with van der Waals surface area (Å²) >= 11 is 0. The molecule has 2 rings (SSSR count). The molecule has 0 aromatic heterocycles. The number of hydrogen-bond acceptors (Lipinski definition) is 3. The third-order valence-corrected chi connectivity index (χ3v) is 4.28. The standard InChI is InChI=1S/C14H26N2O3/c17-14(18)16-9-5-12(6-10-16)2-1-11-19-13-3-7-15-8-4-13/h12-13,15H,1-11H2,(H,17,18). The van der Waals surface area contributed by atoms with E-state index >= 15 is 0 Å². The van der Waals surface area contributed by atoms with Crippen LogP contribution in [0, 0.1) is 5.92 Å². The van der Waals surface area contributed by atoms with E-state index in [4.69, 9.17) is 9.84 Å². The predicted octanol–water partition coefficient (Wildman–Crippen LogP) is 1.93. The topological polar surface area (TPSA) is 61.8 Å². The lowest BCUT2D eigenvalue weighted by Gasteiger charge is -2.30. The molecule has 2 saturated heterocycles. The normalized spacial score (nSPS) is 22.6. The highest BCUT2D eigenvalue weighted by molar-refractivity contribution is 5.64. The van der Waals surface area contributed by atoms with Crippen LogP contribution in [0.5, 0.6) is 0 Å². The summed E-state index contributed by atoms with van der Waals surface area (Å²) in [6.45, 7) is 4.44. The van der Waals surface area contributed by atoms with E-state index in [0.717, 1.165) is 51.8 Å². The zero-order chi connectivity index (χ0) is 13.5. The van der Waals surface area contributed by atoms with Gasteiger partial charge in [-0.2, -0.15) is 0 Å². The highest BCUT2D eigenvalue weighted by Gasteiger charge is 2.22. The van der Waals surface area contributed by atoms with E-state index in [0.29, 0.717) is 25.1 Å². The van der Waals surface area contributed by atoms with Gasteiger partial charge < -0.3 is 20.1 Å². The lowest BCUT2D eigenvalue weighted by atomic mass is 9.92. The molecule has 0 bridgehead atoms. The second kappa shape index (κ2) is 7.70. The number of likely N-dealkylation sites (tertiary alicyclic amines) is 1. The van der Waals surface area contributed by atoms with Gasteiger partial charge in [-0.25, -0.2) is 4.79 Å². The molecule has 0 unspecified atom stereocenters. The second-order valence-electron chi connectivity index (χ2n) is 5.68. The number of nitrogens with zero attached hydrogens (tertiary/aromatic N) is 1. The average molecular weight is 270 g/mol. The van der Waals surface area contributed by atoms with Crippen molar-refractivity contribution >= 4 is 6.09 Å². The van der Waals surface area contributed by atoms with Crippen LogP contribution in [0.4, 0.5) is 4.79 Å². The number of amides is 1. The molecule has 0 radical (unpaired) electrons. The van der Waals surface area contributed by atoms with Gasteiger partial charge >= 0.3 is 6.09 Å². The van der Waals surface area contributed by atoms with Gasteiger partial charge in [0.1, 0.15) is 0 Å². The molecular formula is C14H26N2O3. The van der Waals surface area contributed by atoms with E-state index in [2.05, 4.69) is 5.32 Å². The zero-order valence-corrected chi connectivity index (χ0v) is 11.6. The summed E-state index contributed by atoms with van der Waals surface area (Å²) in [5, 5.41) is 12.2. The molecule has 0 saturated carbocycles. The van der Waals surface area contributed by atoms with Crippen LogP contribution >= 0.6 is 0 Å². The molecule has 0 aromatic carbocycles. The highest BCUT2D eigenvalue weighted by atomic mass is 16.5. The van der Waals surface area contributed by atoms with Gasteiger partial charge in [-0.15, -0.1) is 0 Å². The molecule has 1 amide bonds. The van der Waals surface area contributed by atoms with Crippen LogP contribution in [0.15, 0.2) is 0 Å². The Morgan fingerprint density at radius 3 is 2.53 bits per heavy atom. The van der Waals surface area contributed by atoms with Crippen LogP contribution in [0.25, 0.3) is 0 Å². The summed E-state index contributed by atoms with van der Waals surface area (Å²) in [5.41, 5.74) is 0. The first-order valence-corrected chi connectivity index (χ1v) is 7.56. The van der Waals surface area contributed by atoms with Gasteiger partial charge in [0, 0.05) is 19.7 Å². The first kappa shape index (κ1) is 14.6. The third kappa shape index (κ3) is 4.99. The number of rotatable bonds is 5. The van der Waals surface area contributed by atoms with Crippen LogP contribution in [0.2, 0.25) is 0 Å². The molecule has 0 aliphatic carbocycles. The first-order chi connectivity index (χ1) is 9.25. The summed E-state index contributed by atoms with van der Waals surface area (Å²) in [6.07, 6.45) is 6.27. The molecule has 2 aliphatic rings. The lowest BCUT2D eigenvalue weighted by molar-refractivity contribution is 0.0279. The number of carbonyl (C=O) groups is 1. The smallest absolute Gasteiger partial charge is 0.407 e. The predicted molar refractivity (Wildman–Crippen MR) is 73.4 cm³/mol. The first-order valence-electron chi connectivity index (χ1n) is 7.56. The lowest BCUT2D eigenvalue weighted by Crippen LogP contribution is -2.37. The van der Waals surface area contributed by atoms with E-state index in [9.17, 15) is 4.79 Å². The maximum atomic E-state index is 10.8. The molecule has 5 heteroatoms. The van der Waals surface area contributed by atoms with Crippen molar-refractivity contribution in [1.82, 2.24) is 10.2 Å². The Bertz CT molecular complexity index is 272. The van der Waals surface area contributed by atoms with Crippen LogP contribution in [-0.2, 0) is 4.74 Å². The molecule has 2 heterocycles. The average Bonchev–Trinajstić information content (AvgIpc) is 2.45. The van der Waals surface area contributed by atoms with Crippen molar-refractivity contribution in [3.05, 3.63) is 0 Å². The maximum absolute atomic E-state index is 10.8. The Morgan fingerprint density at radius 2 is 1.89 bits per heavy atom. The summed E-state index contributed by atoms with van der Waals surface area (Å²) in [6, 6.07) is 0. The van der Waals surface area contributed by atoms with E-state index < -0.39 is 6.09 Å². The maximum Gasteiger partial charge on any atom is 0.407 e. The van der Waals surface area contributed by atoms with E-state index in [-0.39, 0.29) is 0 Å². The quantitative estimate of drug-likeness (QED) is 0.749. The van der Waals surface area contributed by atoms with Crippen molar-refractivity contribution < 1.29 is 14.6 Å². The Hall–Kier alpha value is -0.810. The molecule has 0 aromatic rings. The number of nitrogens with one attached hydrogen (secondary N) is 1. The minimum absolute atomic E-state index is 0.454. The van der Waals surface area contributed by atoms with Crippen LogP contribution in [-0.4, -0.2) is 55.0 Å². The van der Waals surface area contributed by atoms with Crippen molar-refractivity contribution in [1.29, 1.82) is 0 Å². The van der Waals surface area contributed by atoms with Crippen molar-refractivity contribution in [2.24, 2.45) is 5.92 Å². The fourth-order valence-electron chi connectivity index (χ4n) is 3.00. The number of hydrogen-bond donors (Lipinski definition) is 2. The Labute approximate surface area is 115 Å². The molecule has 2 fully saturated rings. The number of piperidine rings is 2. The van der Waals surface area contributed by atoms with Crippen molar-refractivity contribution in [3.63, 3.8) is 0 Å². The molecule has 0 spiro atoms. The second-order valence-corrected chi connectivity index (χ2v) is 5.68. The fourth-order valence-corrected chi connectivity index (χ4v) is 3.00. The minimum Gasteiger partial charge on any atom is -0.465 e. The molecule has 0 atom stereocenters. The van der Waals surface area contributed by atoms with E-state index in [1.807, 2.05) is 0 Å². The Kier molecular flexibility index (Phi) is 5.92. The summed E-state index contributed by atoms with van der Waals surface area (Å²) in [7, 11) is 0.